The van der Waals surface area contributed by atoms with E-state index in [-0.39, 0.29) is 12.2 Å². The van der Waals surface area contributed by atoms with Gasteiger partial charge in [0.2, 0.25) is 0 Å². The van der Waals surface area contributed by atoms with E-state index in [0.29, 0.717) is 5.75 Å². The quantitative estimate of drug-likeness (QED) is 0.391. The molecule has 0 bridgehead atoms. The summed E-state index contributed by atoms with van der Waals surface area (Å²) in [5.41, 5.74) is 1.68. The summed E-state index contributed by atoms with van der Waals surface area (Å²) in [4.78, 5) is 0. The Balaban J connectivity index is 1.72. The van der Waals surface area contributed by atoms with Crippen LogP contribution in [0.15, 0.2) is 54.6 Å². The molecule has 0 unspecified atom stereocenters. The molecule has 1 atom stereocenters. The largest absolute Gasteiger partial charge is 0.496 e. The van der Waals surface area contributed by atoms with Crippen LogP contribution in [0.4, 0.5) is 5.69 Å². The minimum atomic E-state index is -3.59. The number of nitrogens with one attached hydrogen (secondary N) is 1. The molecule has 2 fully saturated rings. The Morgan fingerprint density at radius 1 is 0.781 bits per heavy atom. The summed E-state index contributed by atoms with van der Waals surface area (Å²) in [6.07, 6.45) is 10.5. The Morgan fingerprint density at radius 3 is 1.88 bits per heavy atom. The van der Waals surface area contributed by atoms with Gasteiger partial charge in [-0.3, -0.25) is 4.57 Å². The lowest BCUT2D eigenvalue weighted by molar-refractivity contribution is 0.0757. The summed E-state index contributed by atoms with van der Waals surface area (Å²) in [7, 11) is -1.94. The van der Waals surface area contributed by atoms with Crippen molar-refractivity contribution in [1.82, 2.24) is 0 Å². The molecule has 0 aliphatic heterocycles. The summed E-state index contributed by atoms with van der Waals surface area (Å²) in [6, 6.07) is 17.6. The molecule has 2 aliphatic rings. The Kier molecular flexibility index (Phi) is 8.29. The molecule has 6 heteroatoms. The van der Waals surface area contributed by atoms with Crippen molar-refractivity contribution in [2.75, 3.05) is 12.4 Å². The third-order valence-electron chi connectivity index (χ3n) is 6.52. The number of methoxy groups -OCH3 is 1. The van der Waals surface area contributed by atoms with Crippen molar-refractivity contribution in [1.29, 1.82) is 0 Å². The van der Waals surface area contributed by atoms with Gasteiger partial charge in [-0.2, -0.15) is 0 Å². The molecule has 0 heterocycles. The first kappa shape index (κ1) is 23.4. The zero-order valence-electron chi connectivity index (χ0n) is 19.1. The molecule has 2 saturated carbocycles. The molecular weight excluding hydrogens is 421 g/mol. The molecule has 2 aromatic carbocycles. The Morgan fingerprint density at radius 2 is 1.31 bits per heavy atom. The maximum absolute atomic E-state index is 14.8. The fourth-order valence-corrected chi connectivity index (χ4v) is 7.22. The Labute approximate surface area is 192 Å². The average molecular weight is 458 g/mol. The Hall–Kier alpha value is -1.81. The molecule has 1 N–H and O–H groups in total. The first-order valence-corrected chi connectivity index (χ1v) is 13.7. The van der Waals surface area contributed by atoms with Gasteiger partial charge in [-0.15, -0.1) is 0 Å². The van der Waals surface area contributed by atoms with E-state index in [1.165, 1.54) is 12.8 Å². The van der Waals surface area contributed by atoms with Gasteiger partial charge < -0.3 is 19.1 Å². The monoisotopic (exact) mass is 457 g/mol. The van der Waals surface area contributed by atoms with E-state index >= 15 is 0 Å². The second kappa shape index (κ2) is 11.4. The number of hydrogen-bond donors (Lipinski definition) is 1. The molecule has 32 heavy (non-hydrogen) atoms. The summed E-state index contributed by atoms with van der Waals surface area (Å²) < 4.78 is 33.4. The molecule has 0 amide bonds. The number of para-hydroxylation sites is 2. The lowest BCUT2D eigenvalue weighted by atomic mass is 9.98. The lowest BCUT2D eigenvalue weighted by Gasteiger charge is -2.36. The highest BCUT2D eigenvalue weighted by Crippen LogP contribution is 2.64. The van der Waals surface area contributed by atoms with Crippen molar-refractivity contribution in [3.63, 3.8) is 0 Å². The minimum absolute atomic E-state index is 0.0343. The fourth-order valence-electron chi connectivity index (χ4n) is 4.81. The zero-order valence-corrected chi connectivity index (χ0v) is 20.0. The van der Waals surface area contributed by atoms with Crippen LogP contribution in [0.1, 0.15) is 75.6 Å². The summed E-state index contributed by atoms with van der Waals surface area (Å²) in [6.45, 7) is 0. The lowest BCUT2D eigenvalue weighted by Crippen LogP contribution is -2.25. The van der Waals surface area contributed by atoms with E-state index in [2.05, 4.69) is 5.32 Å². The molecule has 0 aromatic heterocycles. The molecular formula is C26H36NO4P. The predicted octanol–water partition coefficient (Wildman–Crippen LogP) is 7.70. The van der Waals surface area contributed by atoms with Gasteiger partial charge >= 0.3 is 7.60 Å². The van der Waals surface area contributed by atoms with Crippen LogP contribution in [-0.2, 0) is 13.6 Å². The van der Waals surface area contributed by atoms with Gasteiger partial charge in [0.25, 0.3) is 0 Å². The first-order valence-electron chi connectivity index (χ1n) is 12.1. The molecule has 5 nitrogen and oxygen atoms in total. The zero-order chi connectivity index (χ0) is 22.2. The molecule has 2 aliphatic carbocycles. The van der Waals surface area contributed by atoms with Crippen LogP contribution < -0.4 is 10.1 Å². The van der Waals surface area contributed by atoms with Gasteiger partial charge in [-0.25, -0.2) is 0 Å². The third kappa shape index (κ3) is 5.95. The summed E-state index contributed by atoms with van der Waals surface area (Å²) in [5, 5.41) is 3.50. The van der Waals surface area contributed by atoms with Crippen LogP contribution in [0.5, 0.6) is 5.75 Å². The van der Waals surface area contributed by atoms with E-state index < -0.39 is 13.4 Å². The van der Waals surface area contributed by atoms with Crippen molar-refractivity contribution < 1.29 is 18.3 Å². The standard InChI is InChI=1S/C26H36NO4P/c1-29-25-20-12-11-19-24(25)26(27-21-13-5-2-6-14-21)32(28,30-22-15-7-3-8-16-22)31-23-17-9-4-10-18-23/h2,5-6,11-14,19-20,22-23,26-27H,3-4,7-10,15-18H2,1H3/t26-/m0/s1. The Bertz CT molecular complexity index is 854. The van der Waals surface area contributed by atoms with Gasteiger partial charge in [-0.1, -0.05) is 74.9 Å². The third-order valence-corrected chi connectivity index (χ3v) is 8.75. The first-order chi connectivity index (χ1) is 15.7. The van der Waals surface area contributed by atoms with Crippen LogP contribution in [0.25, 0.3) is 0 Å². The van der Waals surface area contributed by atoms with Crippen molar-refractivity contribution in [3.05, 3.63) is 60.2 Å². The minimum Gasteiger partial charge on any atom is -0.496 e. The van der Waals surface area contributed by atoms with E-state index in [0.717, 1.165) is 62.6 Å². The van der Waals surface area contributed by atoms with Crippen LogP contribution in [0, 0.1) is 0 Å². The maximum Gasteiger partial charge on any atom is 0.357 e. The van der Waals surface area contributed by atoms with Gasteiger partial charge in [-0.05, 0) is 43.9 Å². The van der Waals surface area contributed by atoms with Crippen molar-refractivity contribution >= 4 is 13.3 Å². The van der Waals surface area contributed by atoms with Crippen LogP contribution in [0.2, 0.25) is 0 Å². The van der Waals surface area contributed by atoms with Gasteiger partial charge in [0.05, 0.1) is 19.3 Å². The van der Waals surface area contributed by atoms with E-state index in [1.807, 2.05) is 54.6 Å². The van der Waals surface area contributed by atoms with E-state index in [9.17, 15) is 4.57 Å². The highest BCUT2D eigenvalue weighted by atomic mass is 31.2. The van der Waals surface area contributed by atoms with Crippen molar-refractivity contribution in [2.24, 2.45) is 0 Å². The van der Waals surface area contributed by atoms with E-state index in [1.54, 1.807) is 7.11 Å². The van der Waals surface area contributed by atoms with Gasteiger partial charge in [0.1, 0.15) is 5.75 Å². The van der Waals surface area contributed by atoms with Crippen molar-refractivity contribution in [3.8, 4) is 5.75 Å². The van der Waals surface area contributed by atoms with Gasteiger partial charge in [0, 0.05) is 11.3 Å². The number of ether oxygens (including phenoxy) is 1. The number of anilines is 1. The predicted molar refractivity (Wildman–Crippen MR) is 129 cm³/mol. The second-order valence-electron chi connectivity index (χ2n) is 8.93. The molecule has 0 saturated heterocycles. The molecule has 0 radical (unpaired) electrons. The highest BCUT2D eigenvalue weighted by Gasteiger charge is 2.43. The number of rotatable bonds is 9. The van der Waals surface area contributed by atoms with Gasteiger partial charge in [0.15, 0.2) is 5.78 Å². The molecule has 0 spiro atoms. The smallest absolute Gasteiger partial charge is 0.357 e. The van der Waals surface area contributed by atoms with E-state index in [4.69, 9.17) is 13.8 Å². The second-order valence-corrected chi connectivity index (χ2v) is 10.9. The summed E-state index contributed by atoms with van der Waals surface area (Å²) >= 11 is 0. The normalized spacial score (nSPS) is 19.4. The molecule has 4 rings (SSSR count). The fraction of sp³-hybridized carbons (Fsp3) is 0.538. The van der Waals surface area contributed by atoms with Crippen LogP contribution in [-0.4, -0.2) is 19.3 Å². The SMILES string of the molecule is COc1ccccc1[C@@H](Nc1ccccc1)P(=O)(OC1CCCCC1)OC1CCCCC1. The van der Waals surface area contributed by atoms with Crippen molar-refractivity contribution in [2.45, 2.75) is 82.2 Å². The maximum atomic E-state index is 14.8. The highest BCUT2D eigenvalue weighted by molar-refractivity contribution is 7.54. The molecule has 2 aromatic rings. The number of benzene rings is 2. The number of hydrogen-bond acceptors (Lipinski definition) is 5. The topological polar surface area (TPSA) is 56.8 Å². The van der Waals surface area contributed by atoms with Crippen LogP contribution >= 0.6 is 7.60 Å². The average Bonchev–Trinajstić information content (AvgIpc) is 2.84. The molecule has 174 valence electrons. The summed E-state index contributed by atoms with van der Waals surface area (Å²) in [5.74, 6) is 0.0329. The van der Waals surface area contributed by atoms with Crippen LogP contribution in [0.3, 0.4) is 0 Å².